The molecule has 158 valence electrons. The van der Waals surface area contributed by atoms with Crippen LogP contribution in [-0.2, 0) is 17.8 Å². The van der Waals surface area contributed by atoms with E-state index in [0.717, 1.165) is 23.2 Å². The smallest absolute Gasteiger partial charge is 0.370 e. The molecular formula is C21H26F3N3O2. The number of carbonyl (C=O) groups is 1. The highest BCUT2D eigenvalue weighted by Crippen LogP contribution is 2.24. The van der Waals surface area contributed by atoms with Crippen molar-refractivity contribution in [1.82, 2.24) is 15.5 Å². The third kappa shape index (κ3) is 8.53. The Balaban J connectivity index is 1.86. The summed E-state index contributed by atoms with van der Waals surface area (Å²) in [6, 6.07) is 15.5. The van der Waals surface area contributed by atoms with E-state index in [2.05, 4.69) is 44.5 Å². The molecule has 2 amide bonds. The highest BCUT2D eigenvalue weighted by atomic mass is 19.4. The number of alkyl halides is 3. The molecule has 29 heavy (non-hydrogen) atoms. The van der Waals surface area contributed by atoms with Crippen LogP contribution in [0.1, 0.15) is 11.1 Å². The predicted octanol–water partition coefficient (Wildman–Crippen LogP) is 3.79. The first-order valence-corrected chi connectivity index (χ1v) is 9.23. The summed E-state index contributed by atoms with van der Waals surface area (Å²) >= 11 is 0. The molecule has 0 aliphatic heterocycles. The number of hydrogen-bond acceptors (Lipinski definition) is 3. The van der Waals surface area contributed by atoms with Crippen LogP contribution in [0.25, 0.3) is 11.1 Å². The standard InChI is InChI=1S/C21H26F3N3O2/c1-27(2)14-16-7-9-17(10-8-16)19-6-4-3-5-18(19)13-26-20(28)25-11-12-29-15-21(22,23)24/h3-10H,11-15H2,1-2H3,(H2,25,26,28). The van der Waals surface area contributed by atoms with Crippen molar-refractivity contribution in [1.29, 1.82) is 0 Å². The van der Waals surface area contributed by atoms with Crippen LogP contribution >= 0.6 is 0 Å². The molecule has 0 fully saturated rings. The van der Waals surface area contributed by atoms with Crippen LogP contribution < -0.4 is 10.6 Å². The van der Waals surface area contributed by atoms with Gasteiger partial charge in [-0.2, -0.15) is 13.2 Å². The van der Waals surface area contributed by atoms with Crippen molar-refractivity contribution >= 4 is 6.03 Å². The second-order valence-corrected chi connectivity index (χ2v) is 6.87. The van der Waals surface area contributed by atoms with Crippen molar-refractivity contribution in [2.24, 2.45) is 0 Å². The van der Waals surface area contributed by atoms with E-state index in [1.807, 2.05) is 38.4 Å². The Morgan fingerprint density at radius 1 is 1.03 bits per heavy atom. The summed E-state index contributed by atoms with van der Waals surface area (Å²) < 4.78 is 40.4. The van der Waals surface area contributed by atoms with Gasteiger partial charge in [-0.3, -0.25) is 0 Å². The zero-order valence-electron chi connectivity index (χ0n) is 16.6. The molecule has 0 aliphatic carbocycles. The molecule has 2 aromatic rings. The number of benzene rings is 2. The quantitative estimate of drug-likeness (QED) is 0.620. The third-order valence-corrected chi connectivity index (χ3v) is 4.02. The normalized spacial score (nSPS) is 11.5. The molecule has 2 rings (SSSR count). The Kier molecular flexibility index (Phi) is 8.48. The maximum Gasteiger partial charge on any atom is 0.411 e. The summed E-state index contributed by atoms with van der Waals surface area (Å²) in [6.45, 7) is -0.377. The Labute approximate surface area is 168 Å². The largest absolute Gasteiger partial charge is 0.411 e. The molecule has 0 heterocycles. The lowest BCUT2D eigenvalue weighted by Crippen LogP contribution is -2.37. The lowest BCUT2D eigenvalue weighted by atomic mass is 9.98. The summed E-state index contributed by atoms with van der Waals surface area (Å²) in [5.41, 5.74) is 4.21. The molecule has 0 aromatic heterocycles. The van der Waals surface area contributed by atoms with E-state index < -0.39 is 18.8 Å². The molecule has 0 saturated carbocycles. The molecule has 5 nitrogen and oxygen atoms in total. The molecule has 2 N–H and O–H groups in total. The number of rotatable bonds is 9. The topological polar surface area (TPSA) is 53.6 Å². The molecule has 8 heteroatoms. The zero-order valence-corrected chi connectivity index (χ0v) is 16.6. The molecule has 0 unspecified atom stereocenters. The van der Waals surface area contributed by atoms with Crippen LogP contribution in [0.4, 0.5) is 18.0 Å². The zero-order chi connectivity index (χ0) is 21.3. The fourth-order valence-corrected chi connectivity index (χ4v) is 2.77. The van der Waals surface area contributed by atoms with Crippen molar-refractivity contribution in [3.05, 3.63) is 59.7 Å². The van der Waals surface area contributed by atoms with Crippen molar-refractivity contribution in [3.63, 3.8) is 0 Å². The SMILES string of the molecule is CN(C)Cc1ccc(-c2ccccc2CNC(=O)NCCOCC(F)(F)F)cc1. The van der Waals surface area contributed by atoms with Gasteiger partial charge in [0, 0.05) is 19.6 Å². The van der Waals surface area contributed by atoms with Gasteiger partial charge in [-0.1, -0.05) is 48.5 Å². The van der Waals surface area contributed by atoms with Crippen LogP contribution in [0.15, 0.2) is 48.5 Å². The number of nitrogens with zero attached hydrogens (tertiary/aromatic N) is 1. The van der Waals surface area contributed by atoms with Gasteiger partial charge in [0.1, 0.15) is 6.61 Å². The van der Waals surface area contributed by atoms with Crippen LogP contribution in [0.3, 0.4) is 0 Å². The van der Waals surface area contributed by atoms with E-state index in [1.165, 1.54) is 5.56 Å². The Morgan fingerprint density at radius 3 is 2.38 bits per heavy atom. The van der Waals surface area contributed by atoms with E-state index in [0.29, 0.717) is 6.54 Å². The number of halogens is 3. The molecular weight excluding hydrogens is 383 g/mol. The van der Waals surface area contributed by atoms with Gasteiger partial charge < -0.3 is 20.3 Å². The van der Waals surface area contributed by atoms with E-state index in [-0.39, 0.29) is 13.2 Å². The number of ether oxygens (including phenoxy) is 1. The number of nitrogens with one attached hydrogen (secondary N) is 2. The average Bonchev–Trinajstić information content (AvgIpc) is 2.65. The van der Waals surface area contributed by atoms with Gasteiger partial charge in [-0.05, 0) is 36.3 Å². The van der Waals surface area contributed by atoms with Crippen molar-refractivity contribution in [2.45, 2.75) is 19.3 Å². The first-order chi connectivity index (χ1) is 13.7. The van der Waals surface area contributed by atoms with Gasteiger partial charge in [0.05, 0.1) is 6.61 Å². The van der Waals surface area contributed by atoms with E-state index in [1.54, 1.807) is 0 Å². The second kappa shape index (κ2) is 10.8. The molecule has 2 aromatic carbocycles. The summed E-state index contributed by atoms with van der Waals surface area (Å²) in [7, 11) is 4.03. The minimum absolute atomic E-state index is 0.00308. The van der Waals surface area contributed by atoms with Gasteiger partial charge >= 0.3 is 12.2 Å². The van der Waals surface area contributed by atoms with Crippen molar-refractivity contribution < 1.29 is 22.7 Å². The first-order valence-electron chi connectivity index (χ1n) is 9.23. The van der Waals surface area contributed by atoms with Crippen LogP contribution in [0, 0.1) is 0 Å². The number of urea groups is 1. The average molecular weight is 409 g/mol. The first kappa shape index (κ1) is 22.7. The highest BCUT2D eigenvalue weighted by molar-refractivity contribution is 5.74. The monoisotopic (exact) mass is 409 g/mol. The van der Waals surface area contributed by atoms with Crippen molar-refractivity contribution in [2.75, 3.05) is 33.9 Å². The Hall–Kier alpha value is -2.58. The van der Waals surface area contributed by atoms with E-state index in [4.69, 9.17) is 0 Å². The maximum absolute atomic E-state index is 12.0. The van der Waals surface area contributed by atoms with E-state index in [9.17, 15) is 18.0 Å². The molecule has 0 spiro atoms. The summed E-state index contributed by atoms with van der Waals surface area (Å²) in [4.78, 5) is 14.0. The molecule has 0 aliphatic rings. The maximum atomic E-state index is 12.0. The Bertz CT molecular complexity index is 777. The molecule has 0 atom stereocenters. The molecule has 0 saturated heterocycles. The van der Waals surface area contributed by atoms with E-state index >= 15 is 0 Å². The van der Waals surface area contributed by atoms with Gasteiger partial charge in [0.2, 0.25) is 0 Å². The summed E-state index contributed by atoms with van der Waals surface area (Å²) in [5, 5.41) is 5.20. The number of hydrogen-bond donors (Lipinski definition) is 2. The lowest BCUT2D eigenvalue weighted by Gasteiger charge is -2.13. The third-order valence-electron chi connectivity index (χ3n) is 4.02. The predicted molar refractivity (Wildman–Crippen MR) is 106 cm³/mol. The number of amides is 2. The van der Waals surface area contributed by atoms with Gasteiger partial charge in [-0.25, -0.2) is 4.79 Å². The van der Waals surface area contributed by atoms with Gasteiger partial charge in [0.15, 0.2) is 0 Å². The van der Waals surface area contributed by atoms with Gasteiger partial charge in [-0.15, -0.1) is 0 Å². The summed E-state index contributed by atoms with van der Waals surface area (Å²) in [5.74, 6) is 0. The molecule has 0 bridgehead atoms. The fourth-order valence-electron chi connectivity index (χ4n) is 2.77. The van der Waals surface area contributed by atoms with Crippen LogP contribution in [-0.4, -0.2) is 51.0 Å². The Morgan fingerprint density at radius 2 is 1.72 bits per heavy atom. The van der Waals surface area contributed by atoms with Crippen LogP contribution in [0.2, 0.25) is 0 Å². The highest BCUT2D eigenvalue weighted by Gasteiger charge is 2.27. The minimum Gasteiger partial charge on any atom is -0.370 e. The lowest BCUT2D eigenvalue weighted by molar-refractivity contribution is -0.173. The van der Waals surface area contributed by atoms with Crippen LogP contribution in [0.5, 0.6) is 0 Å². The van der Waals surface area contributed by atoms with Crippen molar-refractivity contribution in [3.8, 4) is 11.1 Å². The summed E-state index contributed by atoms with van der Waals surface area (Å²) in [6.07, 6.45) is -4.36. The second-order valence-electron chi connectivity index (χ2n) is 6.87. The number of carbonyl (C=O) groups excluding carboxylic acids is 1. The molecule has 0 radical (unpaired) electrons. The minimum atomic E-state index is -4.36. The van der Waals surface area contributed by atoms with Gasteiger partial charge in [0.25, 0.3) is 0 Å². The fraction of sp³-hybridized carbons (Fsp3) is 0.381.